The van der Waals surface area contributed by atoms with Crippen molar-refractivity contribution in [2.45, 2.75) is 96.2 Å². The highest BCUT2D eigenvalue weighted by Gasteiger charge is 2.25. The van der Waals surface area contributed by atoms with Gasteiger partial charge < -0.3 is 15.7 Å². The molecule has 1 aromatic rings. The standard InChI is InChI=1S/C24H36F2N2O3/c1-3-6-21(28-24(31)10-9-17-7-4-5-8-17)15-23(30)22(27-16(2)29)13-18-11-19(25)14-20(26)12-18/h11-12,14,17,21-23,30H,3-10,13,15H2,1-2H3,(H,27,29)(H,28,31). The average Bonchev–Trinajstić information content (AvgIpc) is 3.18. The van der Waals surface area contributed by atoms with E-state index in [1.165, 1.54) is 44.7 Å². The molecule has 2 amide bonds. The number of hydrogen-bond acceptors (Lipinski definition) is 3. The summed E-state index contributed by atoms with van der Waals surface area (Å²) >= 11 is 0. The van der Waals surface area contributed by atoms with Crippen molar-refractivity contribution >= 4 is 11.8 Å². The molecule has 0 heterocycles. The smallest absolute Gasteiger partial charge is 0.220 e. The monoisotopic (exact) mass is 438 g/mol. The minimum atomic E-state index is -0.970. The largest absolute Gasteiger partial charge is 0.391 e. The maximum atomic E-state index is 13.5. The molecular formula is C24H36F2N2O3. The summed E-state index contributed by atoms with van der Waals surface area (Å²) in [7, 11) is 0. The Labute approximate surface area is 184 Å². The van der Waals surface area contributed by atoms with Gasteiger partial charge in [0.25, 0.3) is 0 Å². The predicted octanol–water partition coefficient (Wildman–Crippen LogP) is 4.02. The number of nitrogens with one attached hydrogen (secondary N) is 2. The maximum Gasteiger partial charge on any atom is 0.220 e. The molecule has 0 bridgehead atoms. The van der Waals surface area contributed by atoms with Gasteiger partial charge in [-0.1, -0.05) is 39.0 Å². The fraction of sp³-hybridized carbons (Fsp3) is 0.667. The minimum Gasteiger partial charge on any atom is -0.391 e. The van der Waals surface area contributed by atoms with Crippen molar-refractivity contribution in [3.05, 3.63) is 35.4 Å². The van der Waals surface area contributed by atoms with Crippen molar-refractivity contribution in [1.82, 2.24) is 10.6 Å². The molecule has 5 nitrogen and oxygen atoms in total. The quantitative estimate of drug-likeness (QED) is 0.461. The van der Waals surface area contributed by atoms with Gasteiger partial charge in [-0.15, -0.1) is 0 Å². The minimum absolute atomic E-state index is 0.0131. The van der Waals surface area contributed by atoms with E-state index in [0.717, 1.165) is 18.9 Å². The first kappa shape index (κ1) is 25.2. The number of hydrogen-bond donors (Lipinski definition) is 3. The number of amides is 2. The van der Waals surface area contributed by atoms with Crippen LogP contribution in [-0.2, 0) is 16.0 Å². The van der Waals surface area contributed by atoms with Gasteiger partial charge in [-0.05, 0) is 49.3 Å². The van der Waals surface area contributed by atoms with Gasteiger partial charge in [-0.25, -0.2) is 8.78 Å². The van der Waals surface area contributed by atoms with E-state index in [4.69, 9.17) is 0 Å². The number of carbonyl (C=O) groups is 2. The molecule has 3 atom stereocenters. The third-order valence-corrected chi connectivity index (χ3v) is 6.01. The molecule has 174 valence electrons. The lowest BCUT2D eigenvalue weighted by Crippen LogP contribution is -2.47. The van der Waals surface area contributed by atoms with E-state index in [2.05, 4.69) is 10.6 Å². The fourth-order valence-corrected chi connectivity index (χ4v) is 4.51. The van der Waals surface area contributed by atoms with Gasteiger partial charge in [0.15, 0.2) is 0 Å². The molecule has 1 saturated carbocycles. The van der Waals surface area contributed by atoms with Gasteiger partial charge in [0, 0.05) is 25.5 Å². The van der Waals surface area contributed by atoms with Gasteiger partial charge >= 0.3 is 0 Å². The Bertz CT molecular complexity index is 703. The first-order valence-electron chi connectivity index (χ1n) is 11.5. The molecule has 0 saturated heterocycles. The fourth-order valence-electron chi connectivity index (χ4n) is 4.51. The maximum absolute atomic E-state index is 13.5. The summed E-state index contributed by atoms with van der Waals surface area (Å²) in [6.45, 7) is 3.34. The van der Waals surface area contributed by atoms with Gasteiger partial charge in [0.1, 0.15) is 11.6 Å². The van der Waals surface area contributed by atoms with E-state index in [1.54, 1.807) is 0 Å². The molecule has 0 radical (unpaired) electrons. The predicted molar refractivity (Wildman–Crippen MR) is 116 cm³/mol. The van der Waals surface area contributed by atoms with Crippen LogP contribution in [0.25, 0.3) is 0 Å². The molecule has 1 aromatic carbocycles. The lowest BCUT2D eigenvalue weighted by Gasteiger charge is -2.28. The van der Waals surface area contributed by atoms with Crippen LogP contribution in [0.2, 0.25) is 0 Å². The molecule has 7 heteroatoms. The average molecular weight is 439 g/mol. The van der Waals surface area contributed by atoms with Crippen molar-refractivity contribution in [3.63, 3.8) is 0 Å². The van der Waals surface area contributed by atoms with Crippen LogP contribution in [-0.4, -0.2) is 35.1 Å². The van der Waals surface area contributed by atoms with Crippen LogP contribution in [0.1, 0.15) is 77.2 Å². The van der Waals surface area contributed by atoms with Crippen LogP contribution in [0.3, 0.4) is 0 Å². The second kappa shape index (κ2) is 12.7. The van der Waals surface area contributed by atoms with Crippen molar-refractivity contribution in [2.24, 2.45) is 5.92 Å². The normalized spacial score (nSPS) is 17.2. The number of benzene rings is 1. The highest BCUT2D eigenvalue weighted by Crippen LogP contribution is 2.28. The van der Waals surface area contributed by atoms with E-state index in [1.807, 2.05) is 6.92 Å². The van der Waals surface area contributed by atoms with E-state index < -0.39 is 23.8 Å². The molecule has 3 N–H and O–H groups in total. The van der Waals surface area contributed by atoms with Crippen LogP contribution in [0, 0.1) is 17.6 Å². The van der Waals surface area contributed by atoms with Gasteiger partial charge in [0.2, 0.25) is 11.8 Å². The molecule has 0 spiro atoms. The van der Waals surface area contributed by atoms with Gasteiger partial charge in [-0.2, -0.15) is 0 Å². The van der Waals surface area contributed by atoms with E-state index in [9.17, 15) is 23.5 Å². The van der Waals surface area contributed by atoms with Crippen LogP contribution in [0.5, 0.6) is 0 Å². The van der Waals surface area contributed by atoms with Crippen LogP contribution < -0.4 is 10.6 Å². The lowest BCUT2D eigenvalue weighted by atomic mass is 9.94. The third-order valence-electron chi connectivity index (χ3n) is 6.01. The Morgan fingerprint density at radius 1 is 1.13 bits per heavy atom. The topological polar surface area (TPSA) is 78.4 Å². The Morgan fingerprint density at radius 3 is 2.35 bits per heavy atom. The summed E-state index contributed by atoms with van der Waals surface area (Å²) in [5.74, 6) is -1.12. The summed E-state index contributed by atoms with van der Waals surface area (Å²) in [4.78, 5) is 24.1. The summed E-state index contributed by atoms with van der Waals surface area (Å²) < 4.78 is 27.1. The first-order valence-corrected chi connectivity index (χ1v) is 11.5. The van der Waals surface area contributed by atoms with Gasteiger partial charge in [0.05, 0.1) is 12.1 Å². The van der Waals surface area contributed by atoms with Crippen molar-refractivity contribution in [2.75, 3.05) is 0 Å². The van der Waals surface area contributed by atoms with Crippen molar-refractivity contribution in [1.29, 1.82) is 0 Å². The van der Waals surface area contributed by atoms with Crippen LogP contribution in [0.15, 0.2) is 18.2 Å². The zero-order chi connectivity index (χ0) is 22.8. The van der Waals surface area contributed by atoms with Crippen LogP contribution >= 0.6 is 0 Å². The zero-order valence-corrected chi connectivity index (χ0v) is 18.6. The molecule has 0 aromatic heterocycles. The van der Waals surface area contributed by atoms with E-state index in [-0.39, 0.29) is 30.7 Å². The summed E-state index contributed by atoms with van der Waals surface area (Å²) in [6, 6.07) is 2.23. The van der Waals surface area contributed by atoms with Gasteiger partial charge in [-0.3, -0.25) is 9.59 Å². The number of aliphatic hydroxyl groups is 1. The third kappa shape index (κ3) is 9.33. The Hall–Kier alpha value is -2.02. The molecule has 2 rings (SSSR count). The van der Waals surface area contributed by atoms with Crippen molar-refractivity contribution < 1.29 is 23.5 Å². The van der Waals surface area contributed by atoms with E-state index >= 15 is 0 Å². The first-order chi connectivity index (χ1) is 14.8. The molecule has 0 aliphatic heterocycles. The highest BCUT2D eigenvalue weighted by atomic mass is 19.1. The van der Waals surface area contributed by atoms with Crippen LogP contribution in [0.4, 0.5) is 8.78 Å². The second-order valence-corrected chi connectivity index (χ2v) is 8.83. The number of carbonyl (C=O) groups excluding carboxylic acids is 2. The Balaban J connectivity index is 1.96. The second-order valence-electron chi connectivity index (χ2n) is 8.83. The Morgan fingerprint density at radius 2 is 1.77 bits per heavy atom. The molecular weight excluding hydrogens is 402 g/mol. The summed E-state index contributed by atoms with van der Waals surface area (Å²) in [5.41, 5.74) is 0.350. The number of aliphatic hydroxyl groups excluding tert-OH is 1. The molecule has 1 aliphatic carbocycles. The molecule has 1 aliphatic rings. The summed E-state index contributed by atoms with van der Waals surface area (Å²) in [5, 5.41) is 16.5. The van der Waals surface area contributed by atoms with Crippen molar-refractivity contribution in [3.8, 4) is 0 Å². The number of rotatable bonds is 12. The highest BCUT2D eigenvalue weighted by molar-refractivity contribution is 5.76. The van der Waals surface area contributed by atoms with E-state index in [0.29, 0.717) is 24.3 Å². The SMILES string of the molecule is CCCC(CC(O)C(Cc1cc(F)cc(F)c1)NC(C)=O)NC(=O)CCC1CCCC1. The molecule has 1 fully saturated rings. The molecule has 31 heavy (non-hydrogen) atoms. The molecule has 3 unspecified atom stereocenters. The zero-order valence-electron chi connectivity index (χ0n) is 18.6. The lowest BCUT2D eigenvalue weighted by molar-refractivity contribution is -0.123. The number of halogens is 2. The Kier molecular flexibility index (Phi) is 10.4. The summed E-state index contributed by atoms with van der Waals surface area (Å²) in [6.07, 6.45) is 7.18.